The first-order valence-corrected chi connectivity index (χ1v) is 8.33. The van der Waals surface area contributed by atoms with E-state index in [1.54, 1.807) is 0 Å². The Labute approximate surface area is 155 Å². The first kappa shape index (κ1) is 17.0. The van der Waals surface area contributed by atoms with Gasteiger partial charge in [0.05, 0.1) is 32.6 Å². The number of nitrogens with zero attached hydrogens (tertiary/aromatic N) is 2. The van der Waals surface area contributed by atoms with Gasteiger partial charge in [-0.15, -0.1) is 0 Å². The summed E-state index contributed by atoms with van der Waals surface area (Å²) in [6.07, 6.45) is 5.70. The Morgan fingerprint density at radius 1 is 1.17 bits per heavy atom. The van der Waals surface area contributed by atoms with E-state index in [4.69, 9.17) is 9.57 Å². The van der Waals surface area contributed by atoms with E-state index in [1.165, 1.54) is 18.4 Å². The summed E-state index contributed by atoms with van der Waals surface area (Å²) < 4.78 is 7.04. The molecule has 4 rings (SSSR count). The van der Waals surface area contributed by atoms with Crippen LogP contribution in [0.5, 0.6) is 0 Å². The third-order valence-corrected chi connectivity index (χ3v) is 5.99. The van der Waals surface area contributed by atoms with Gasteiger partial charge in [0.15, 0.2) is 5.60 Å². The van der Waals surface area contributed by atoms with E-state index in [1.807, 2.05) is 18.2 Å². The Bertz CT molecular complexity index is 572. The molecule has 5 heteroatoms. The molecule has 3 aliphatic heterocycles. The molecule has 2 bridgehead atoms. The molecule has 3 atom stereocenters. The molecule has 0 N–H and O–H groups in total. The third-order valence-electron chi connectivity index (χ3n) is 5.99. The number of fused-ring (bicyclic) bond motifs is 2. The van der Waals surface area contributed by atoms with Gasteiger partial charge in [-0.3, -0.25) is 0 Å². The molecule has 1 aromatic rings. The first-order valence-electron chi connectivity index (χ1n) is 8.33. The van der Waals surface area contributed by atoms with Gasteiger partial charge in [-0.25, -0.2) is 0 Å². The molecule has 3 heterocycles. The highest BCUT2D eigenvalue weighted by Crippen LogP contribution is 2.48. The van der Waals surface area contributed by atoms with Gasteiger partial charge < -0.3 is 38.0 Å². The summed E-state index contributed by atoms with van der Waals surface area (Å²) in [4.78, 5) is 5.91. The van der Waals surface area contributed by atoms with Crippen molar-refractivity contribution in [2.75, 3.05) is 14.1 Å². The number of halogens is 1. The zero-order chi connectivity index (χ0) is 15.2. The summed E-state index contributed by atoms with van der Waals surface area (Å²) in [6.45, 7) is 0.577. The molecule has 1 unspecified atom stereocenters. The molecule has 0 aliphatic carbocycles. The van der Waals surface area contributed by atoms with Crippen molar-refractivity contribution < 1.29 is 38.0 Å². The quantitative estimate of drug-likeness (QED) is 0.494. The summed E-state index contributed by atoms with van der Waals surface area (Å²) in [5.74, 6) is 0.774. The lowest BCUT2D eigenvalue weighted by atomic mass is 9.82. The Morgan fingerprint density at radius 2 is 1.83 bits per heavy atom. The van der Waals surface area contributed by atoms with E-state index in [0.717, 1.165) is 29.6 Å². The minimum Gasteiger partial charge on any atom is -1.00 e. The van der Waals surface area contributed by atoms with Crippen LogP contribution in [0.15, 0.2) is 35.5 Å². The third kappa shape index (κ3) is 3.09. The fourth-order valence-electron chi connectivity index (χ4n) is 4.49. The highest BCUT2D eigenvalue weighted by Gasteiger charge is 2.58. The van der Waals surface area contributed by atoms with Gasteiger partial charge in [0.1, 0.15) is 6.61 Å². The second-order valence-corrected chi connectivity index (χ2v) is 7.63. The normalized spacial score (nSPS) is 33.7. The average molecular weight is 428 g/mol. The molecule has 4 nitrogen and oxygen atoms in total. The van der Waals surface area contributed by atoms with Gasteiger partial charge in [0.25, 0.3) is 0 Å². The zero-order valence-electron chi connectivity index (χ0n) is 13.9. The van der Waals surface area contributed by atoms with Crippen LogP contribution in [0.2, 0.25) is 0 Å². The summed E-state index contributed by atoms with van der Waals surface area (Å²) >= 11 is 0. The Balaban J connectivity index is 0.00000156. The molecule has 23 heavy (non-hydrogen) atoms. The monoisotopic (exact) mass is 428 g/mol. The highest BCUT2D eigenvalue weighted by molar-refractivity contribution is 5.78. The smallest absolute Gasteiger partial charge is 0.230 e. The number of quaternary nitrogens is 1. The standard InChI is InChI=1S/C18H25N2O2.HI/c1-20(2)15-8-9-16(20)11-18(10-15)12-17(19-22-18)21-13-14-6-4-3-5-7-14;/h3-7,15-16H,8-13H2,1-2H3;1H/q+1;/p-1/t15-,16+,18?;. The van der Waals surface area contributed by atoms with Crippen molar-refractivity contribution in [2.24, 2.45) is 5.16 Å². The van der Waals surface area contributed by atoms with Crippen LogP contribution in [0.1, 0.15) is 37.7 Å². The van der Waals surface area contributed by atoms with Crippen LogP contribution in [0.3, 0.4) is 0 Å². The van der Waals surface area contributed by atoms with E-state index >= 15 is 0 Å². The molecular weight excluding hydrogens is 403 g/mol. The topological polar surface area (TPSA) is 30.8 Å². The SMILES string of the molecule is C[N+]1(C)[C@@H]2CC[C@H]1CC1(CC(OCc3ccccc3)=NO1)C2.[I-]. The number of hydrogen-bond acceptors (Lipinski definition) is 3. The summed E-state index contributed by atoms with van der Waals surface area (Å²) in [6, 6.07) is 11.7. The summed E-state index contributed by atoms with van der Waals surface area (Å²) in [5.41, 5.74) is 1.08. The number of ether oxygens (including phenoxy) is 1. The van der Waals surface area contributed by atoms with E-state index in [2.05, 4.69) is 31.4 Å². The first-order chi connectivity index (χ1) is 10.6. The van der Waals surface area contributed by atoms with Gasteiger partial charge in [-0.1, -0.05) is 35.5 Å². The van der Waals surface area contributed by atoms with Crippen molar-refractivity contribution in [1.29, 1.82) is 0 Å². The molecule has 1 spiro atoms. The van der Waals surface area contributed by atoms with Crippen LogP contribution >= 0.6 is 0 Å². The van der Waals surface area contributed by atoms with Crippen LogP contribution in [-0.2, 0) is 16.2 Å². The van der Waals surface area contributed by atoms with Crippen molar-refractivity contribution in [1.82, 2.24) is 0 Å². The molecule has 2 fully saturated rings. The van der Waals surface area contributed by atoms with Crippen LogP contribution in [0.25, 0.3) is 0 Å². The van der Waals surface area contributed by atoms with Gasteiger partial charge in [-0.05, 0) is 5.56 Å². The predicted octanol–water partition coefficient (Wildman–Crippen LogP) is 0.0810. The van der Waals surface area contributed by atoms with Gasteiger partial charge in [0, 0.05) is 25.7 Å². The fraction of sp³-hybridized carbons (Fsp3) is 0.611. The molecule has 126 valence electrons. The van der Waals surface area contributed by atoms with Crippen LogP contribution in [0, 0.1) is 0 Å². The second kappa shape index (κ2) is 6.24. The molecule has 0 saturated carbocycles. The Hall–Kier alpha value is -0.820. The molecule has 0 aromatic heterocycles. The van der Waals surface area contributed by atoms with Gasteiger partial charge in [0.2, 0.25) is 5.90 Å². The molecule has 3 aliphatic rings. The number of oxime groups is 1. The molecule has 0 amide bonds. The fourth-order valence-corrected chi connectivity index (χ4v) is 4.49. The second-order valence-electron chi connectivity index (χ2n) is 7.63. The van der Waals surface area contributed by atoms with E-state index in [0.29, 0.717) is 18.7 Å². The van der Waals surface area contributed by atoms with Crippen LogP contribution in [-0.4, -0.2) is 42.2 Å². The van der Waals surface area contributed by atoms with E-state index in [-0.39, 0.29) is 29.6 Å². The minimum atomic E-state index is -0.0916. The number of benzene rings is 1. The van der Waals surface area contributed by atoms with Crippen molar-refractivity contribution in [2.45, 2.75) is 56.4 Å². The summed E-state index contributed by atoms with van der Waals surface area (Å²) in [7, 11) is 4.75. The minimum absolute atomic E-state index is 0. The zero-order valence-corrected chi connectivity index (χ0v) is 16.0. The average Bonchev–Trinajstić information content (AvgIpc) is 2.93. The lowest BCUT2D eigenvalue weighted by Crippen LogP contribution is -3.00. The maximum atomic E-state index is 5.91. The maximum absolute atomic E-state index is 5.91. The number of hydrogen-bond donors (Lipinski definition) is 0. The largest absolute Gasteiger partial charge is 1.00 e. The van der Waals surface area contributed by atoms with Crippen molar-refractivity contribution >= 4 is 5.90 Å². The van der Waals surface area contributed by atoms with Crippen molar-refractivity contribution in [3.05, 3.63) is 35.9 Å². The van der Waals surface area contributed by atoms with Crippen LogP contribution in [0.4, 0.5) is 0 Å². The number of rotatable bonds is 2. The van der Waals surface area contributed by atoms with Crippen molar-refractivity contribution in [3.63, 3.8) is 0 Å². The lowest BCUT2D eigenvalue weighted by Gasteiger charge is -2.47. The Morgan fingerprint density at radius 3 is 2.48 bits per heavy atom. The highest BCUT2D eigenvalue weighted by atomic mass is 127. The van der Waals surface area contributed by atoms with E-state index < -0.39 is 0 Å². The Kier molecular flexibility index (Phi) is 4.62. The molecule has 0 radical (unpaired) electrons. The molecule has 2 saturated heterocycles. The van der Waals surface area contributed by atoms with Crippen LogP contribution < -0.4 is 24.0 Å². The lowest BCUT2D eigenvalue weighted by molar-refractivity contribution is -0.932. The van der Waals surface area contributed by atoms with Crippen molar-refractivity contribution in [3.8, 4) is 0 Å². The molecule has 1 aromatic carbocycles. The van der Waals surface area contributed by atoms with E-state index in [9.17, 15) is 0 Å². The summed E-state index contributed by atoms with van der Waals surface area (Å²) in [5, 5.41) is 4.26. The maximum Gasteiger partial charge on any atom is 0.230 e. The van der Waals surface area contributed by atoms with Gasteiger partial charge >= 0.3 is 0 Å². The number of piperidine rings is 1. The van der Waals surface area contributed by atoms with Gasteiger partial charge in [-0.2, -0.15) is 0 Å². The predicted molar refractivity (Wildman–Crippen MR) is 85.3 cm³/mol. The molecular formula is C18H25IN2O2.